The van der Waals surface area contributed by atoms with Crippen LogP contribution in [0.3, 0.4) is 0 Å². The Balaban J connectivity index is 1.07. The average molecular weight is 333 g/mol. The van der Waals surface area contributed by atoms with Gasteiger partial charge in [0, 0.05) is 13.2 Å². The van der Waals surface area contributed by atoms with E-state index < -0.39 is 0 Å². The standard InChI is InChI=1S/C22H36O2/c1-3-15(4-1)13-23-21-9-17-7-19-11-22(24-14-16-5-2-6-16)12-20(19)8-18(17)10-21/h15-22H,1-14H2. The molecule has 0 aromatic rings. The van der Waals surface area contributed by atoms with Gasteiger partial charge in [-0.25, -0.2) is 0 Å². The molecular formula is C22H36O2. The molecule has 0 amide bonds. The molecule has 24 heavy (non-hydrogen) atoms. The van der Waals surface area contributed by atoms with Gasteiger partial charge in [-0.3, -0.25) is 0 Å². The van der Waals surface area contributed by atoms with E-state index in [1.807, 2.05) is 0 Å². The van der Waals surface area contributed by atoms with Crippen molar-refractivity contribution in [3.8, 4) is 0 Å². The topological polar surface area (TPSA) is 18.5 Å². The van der Waals surface area contributed by atoms with Crippen molar-refractivity contribution < 1.29 is 9.47 Å². The van der Waals surface area contributed by atoms with Crippen molar-refractivity contribution in [2.75, 3.05) is 13.2 Å². The van der Waals surface area contributed by atoms with E-state index in [1.54, 1.807) is 0 Å². The molecule has 5 aliphatic rings. The summed E-state index contributed by atoms with van der Waals surface area (Å²) in [5.41, 5.74) is 0. The third-order valence-corrected chi connectivity index (χ3v) is 8.39. The molecular weight excluding hydrogens is 296 g/mol. The number of fused-ring (bicyclic) bond motifs is 2. The Hall–Kier alpha value is -0.0800. The molecule has 0 radical (unpaired) electrons. The lowest BCUT2D eigenvalue weighted by atomic mass is 9.71. The van der Waals surface area contributed by atoms with Crippen LogP contribution in [0.15, 0.2) is 0 Å². The minimum atomic E-state index is 0.602. The summed E-state index contributed by atoms with van der Waals surface area (Å²) in [4.78, 5) is 0. The van der Waals surface area contributed by atoms with Gasteiger partial charge in [-0.05, 0) is 99.7 Å². The molecule has 4 atom stereocenters. The van der Waals surface area contributed by atoms with E-state index in [4.69, 9.17) is 9.47 Å². The first-order chi connectivity index (χ1) is 11.8. The molecule has 0 N–H and O–H groups in total. The van der Waals surface area contributed by atoms with Crippen molar-refractivity contribution in [1.29, 1.82) is 0 Å². The first-order valence-electron chi connectivity index (χ1n) is 11.1. The van der Waals surface area contributed by atoms with E-state index in [-0.39, 0.29) is 0 Å². The summed E-state index contributed by atoms with van der Waals surface area (Å²) in [7, 11) is 0. The monoisotopic (exact) mass is 332 g/mol. The summed E-state index contributed by atoms with van der Waals surface area (Å²) < 4.78 is 12.6. The van der Waals surface area contributed by atoms with E-state index in [9.17, 15) is 0 Å². The predicted molar refractivity (Wildman–Crippen MR) is 95.8 cm³/mol. The van der Waals surface area contributed by atoms with E-state index in [0.29, 0.717) is 12.2 Å². The largest absolute Gasteiger partial charge is 0.378 e. The number of ether oxygens (including phenoxy) is 2. The zero-order valence-electron chi connectivity index (χ0n) is 15.3. The van der Waals surface area contributed by atoms with Crippen molar-refractivity contribution in [3.05, 3.63) is 0 Å². The molecule has 0 spiro atoms. The van der Waals surface area contributed by atoms with E-state index >= 15 is 0 Å². The highest BCUT2D eigenvalue weighted by atomic mass is 16.5. The van der Waals surface area contributed by atoms with Gasteiger partial charge in [0.2, 0.25) is 0 Å². The second kappa shape index (κ2) is 6.91. The van der Waals surface area contributed by atoms with Crippen LogP contribution in [0.2, 0.25) is 0 Å². The zero-order valence-corrected chi connectivity index (χ0v) is 15.3. The van der Waals surface area contributed by atoms with Crippen LogP contribution in [0.1, 0.15) is 77.0 Å². The van der Waals surface area contributed by atoms with Crippen LogP contribution in [0.4, 0.5) is 0 Å². The van der Waals surface area contributed by atoms with Gasteiger partial charge >= 0.3 is 0 Å². The van der Waals surface area contributed by atoms with E-state index in [1.165, 1.54) is 77.0 Å². The summed E-state index contributed by atoms with van der Waals surface area (Å²) in [5.74, 6) is 5.71. The van der Waals surface area contributed by atoms with Gasteiger partial charge in [-0.1, -0.05) is 12.8 Å². The van der Waals surface area contributed by atoms with Crippen molar-refractivity contribution in [2.24, 2.45) is 35.5 Å². The molecule has 5 aliphatic carbocycles. The molecule has 0 heterocycles. The number of hydrogen-bond donors (Lipinski definition) is 0. The smallest absolute Gasteiger partial charge is 0.0580 e. The van der Waals surface area contributed by atoms with Gasteiger partial charge in [0.25, 0.3) is 0 Å². The summed E-state index contributed by atoms with van der Waals surface area (Å²) in [5, 5.41) is 0. The summed E-state index contributed by atoms with van der Waals surface area (Å²) >= 11 is 0. The molecule has 5 saturated carbocycles. The maximum absolute atomic E-state index is 6.30. The fraction of sp³-hybridized carbons (Fsp3) is 1.00. The summed E-state index contributed by atoms with van der Waals surface area (Å²) in [6.07, 6.45) is 18.2. The van der Waals surface area contributed by atoms with Crippen LogP contribution in [-0.4, -0.2) is 25.4 Å². The van der Waals surface area contributed by atoms with Crippen molar-refractivity contribution in [2.45, 2.75) is 89.3 Å². The molecule has 2 nitrogen and oxygen atoms in total. The minimum absolute atomic E-state index is 0.602. The van der Waals surface area contributed by atoms with Gasteiger partial charge in [0.1, 0.15) is 0 Å². The maximum Gasteiger partial charge on any atom is 0.0580 e. The Labute approximate surface area is 148 Å². The molecule has 5 rings (SSSR count). The van der Waals surface area contributed by atoms with Crippen LogP contribution in [0.25, 0.3) is 0 Å². The molecule has 0 aromatic carbocycles. The third-order valence-electron chi connectivity index (χ3n) is 8.39. The minimum Gasteiger partial charge on any atom is -0.378 e. The predicted octanol–water partition coefficient (Wildman–Crippen LogP) is 5.20. The molecule has 2 heteroatoms. The zero-order chi connectivity index (χ0) is 15.9. The molecule has 0 aromatic heterocycles. The van der Waals surface area contributed by atoms with E-state index in [2.05, 4.69) is 0 Å². The lowest BCUT2D eigenvalue weighted by Gasteiger charge is -2.34. The van der Waals surface area contributed by atoms with Crippen molar-refractivity contribution >= 4 is 0 Å². The molecule has 0 bridgehead atoms. The second-order valence-electron chi connectivity index (χ2n) is 9.96. The fourth-order valence-corrected chi connectivity index (χ4v) is 6.38. The SMILES string of the molecule is C1CC(COC2CC3CC4CC(OCC5CCC5)CC4CC3C2)C1. The Morgan fingerprint density at radius 1 is 0.500 bits per heavy atom. The first-order valence-corrected chi connectivity index (χ1v) is 11.1. The van der Waals surface area contributed by atoms with Crippen LogP contribution in [0.5, 0.6) is 0 Å². The fourth-order valence-electron chi connectivity index (χ4n) is 6.38. The molecule has 136 valence electrons. The van der Waals surface area contributed by atoms with Crippen LogP contribution < -0.4 is 0 Å². The quantitative estimate of drug-likeness (QED) is 0.665. The van der Waals surface area contributed by atoms with Gasteiger partial charge in [0.15, 0.2) is 0 Å². The van der Waals surface area contributed by atoms with Crippen LogP contribution in [0, 0.1) is 35.5 Å². The normalized spacial score (nSPS) is 45.5. The average Bonchev–Trinajstić information content (AvgIpc) is 3.03. The lowest BCUT2D eigenvalue weighted by molar-refractivity contribution is 0.00861. The lowest BCUT2D eigenvalue weighted by Crippen LogP contribution is -2.25. The van der Waals surface area contributed by atoms with Crippen molar-refractivity contribution in [1.82, 2.24) is 0 Å². The summed E-state index contributed by atoms with van der Waals surface area (Å²) in [6, 6.07) is 0. The molecule has 4 unspecified atom stereocenters. The highest BCUT2D eigenvalue weighted by Crippen LogP contribution is 2.53. The third kappa shape index (κ3) is 3.30. The first kappa shape index (κ1) is 16.1. The number of rotatable bonds is 6. The van der Waals surface area contributed by atoms with Gasteiger partial charge < -0.3 is 9.47 Å². The van der Waals surface area contributed by atoms with Crippen molar-refractivity contribution in [3.63, 3.8) is 0 Å². The second-order valence-corrected chi connectivity index (χ2v) is 9.96. The highest BCUT2D eigenvalue weighted by molar-refractivity contribution is 4.97. The summed E-state index contributed by atoms with van der Waals surface area (Å²) in [6.45, 7) is 2.13. The van der Waals surface area contributed by atoms with Gasteiger partial charge in [0.05, 0.1) is 12.2 Å². The Morgan fingerprint density at radius 2 is 0.875 bits per heavy atom. The molecule has 0 aliphatic heterocycles. The van der Waals surface area contributed by atoms with E-state index in [0.717, 1.165) is 48.7 Å². The van der Waals surface area contributed by atoms with Gasteiger partial charge in [-0.2, -0.15) is 0 Å². The Kier molecular flexibility index (Phi) is 4.64. The van der Waals surface area contributed by atoms with Crippen LogP contribution in [-0.2, 0) is 9.47 Å². The van der Waals surface area contributed by atoms with Crippen LogP contribution >= 0.6 is 0 Å². The Bertz CT molecular complexity index is 368. The van der Waals surface area contributed by atoms with Gasteiger partial charge in [-0.15, -0.1) is 0 Å². The molecule has 5 fully saturated rings. The molecule has 0 saturated heterocycles. The highest BCUT2D eigenvalue weighted by Gasteiger charge is 2.47. The Morgan fingerprint density at radius 3 is 1.17 bits per heavy atom. The number of hydrogen-bond acceptors (Lipinski definition) is 2. The maximum atomic E-state index is 6.30.